The lowest BCUT2D eigenvalue weighted by atomic mass is 10.1. The van der Waals surface area contributed by atoms with Gasteiger partial charge < -0.3 is 5.32 Å². The Labute approximate surface area is 133 Å². The van der Waals surface area contributed by atoms with E-state index in [1.807, 2.05) is 6.07 Å². The molecule has 0 unspecified atom stereocenters. The molecule has 2 aromatic carbocycles. The molecule has 0 fully saturated rings. The first kappa shape index (κ1) is 15.4. The third-order valence-electron chi connectivity index (χ3n) is 2.72. The highest BCUT2D eigenvalue weighted by Crippen LogP contribution is 2.32. The van der Waals surface area contributed by atoms with Gasteiger partial charge in [-0.15, -0.1) is 0 Å². The van der Waals surface area contributed by atoms with Crippen LogP contribution in [0.5, 0.6) is 0 Å². The number of halogens is 5. The zero-order valence-electron chi connectivity index (χ0n) is 10.1. The first-order valence-electron chi connectivity index (χ1n) is 5.72. The minimum Gasteiger partial charge on any atom is -0.380 e. The molecule has 0 saturated carbocycles. The number of rotatable bonds is 3. The number of alkyl halides is 3. The predicted molar refractivity (Wildman–Crippen MR) is 82.9 cm³/mol. The zero-order valence-corrected chi connectivity index (χ0v) is 13.1. The number of anilines is 1. The molecular formula is C14H10ClF3IN. The first-order chi connectivity index (χ1) is 9.38. The molecular weight excluding hydrogens is 402 g/mol. The number of hydrogen-bond acceptors (Lipinski definition) is 1. The van der Waals surface area contributed by atoms with Gasteiger partial charge in [-0.3, -0.25) is 0 Å². The van der Waals surface area contributed by atoms with Gasteiger partial charge in [0.15, 0.2) is 0 Å². The van der Waals surface area contributed by atoms with Crippen molar-refractivity contribution in [1.29, 1.82) is 0 Å². The minimum absolute atomic E-state index is 0.0655. The SMILES string of the molecule is FC(F)(F)c1ccccc1CNc1ccc(I)cc1Cl. The third-order valence-corrected chi connectivity index (χ3v) is 3.71. The number of nitrogens with one attached hydrogen (secondary N) is 1. The van der Waals surface area contributed by atoms with E-state index in [4.69, 9.17) is 11.6 Å². The van der Waals surface area contributed by atoms with Crippen molar-refractivity contribution in [2.45, 2.75) is 12.7 Å². The van der Waals surface area contributed by atoms with Crippen LogP contribution in [0.15, 0.2) is 42.5 Å². The quantitative estimate of drug-likeness (QED) is 0.651. The van der Waals surface area contributed by atoms with Crippen molar-refractivity contribution in [2.24, 2.45) is 0 Å². The van der Waals surface area contributed by atoms with Gasteiger partial charge in [0.05, 0.1) is 16.3 Å². The van der Waals surface area contributed by atoms with Gasteiger partial charge in [0.25, 0.3) is 0 Å². The number of hydrogen-bond donors (Lipinski definition) is 1. The second-order valence-electron chi connectivity index (χ2n) is 4.13. The summed E-state index contributed by atoms with van der Waals surface area (Å²) in [4.78, 5) is 0. The Morgan fingerprint density at radius 1 is 1.10 bits per heavy atom. The summed E-state index contributed by atoms with van der Waals surface area (Å²) in [5, 5.41) is 3.42. The summed E-state index contributed by atoms with van der Waals surface area (Å²) in [6, 6.07) is 10.8. The summed E-state index contributed by atoms with van der Waals surface area (Å²) in [7, 11) is 0. The van der Waals surface area contributed by atoms with Crippen molar-refractivity contribution in [3.8, 4) is 0 Å². The van der Waals surface area contributed by atoms with E-state index < -0.39 is 11.7 Å². The molecule has 20 heavy (non-hydrogen) atoms. The molecule has 2 aromatic rings. The van der Waals surface area contributed by atoms with Crippen molar-refractivity contribution in [2.75, 3.05) is 5.32 Å². The van der Waals surface area contributed by atoms with Crippen LogP contribution in [-0.4, -0.2) is 0 Å². The summed E-state index contributed by atoms with van der Waals surface area (Å²) in [5.41, 5.74) is 0.174. The fraction of sp³-hybridized carbons (Fsp3) is 0.143. The largest absolute Gasteiger partial charge is 0.416 e. The molecule has 0 spiro atoms. The molecule has 2 rings (SSSR count). The Kier molecular flexibility index (Phi) is 4.80. The Hall–Kier alpha value is -0.950. The molecule has 106 valence electrons. The molecule has 0 saturated heterocycles. The molecule has 0 aliphatic heterocycles. The van der Waals surface area contributed by atoms with Gasteiger partial charge in [0.2, 0.25) is 0 Å². The van der Waals surface area contributed by atoms with Crippen molar-refractivity contribution in [3.63, 3.8) is 0 Å². The maximum atomic E-state index is 12.9. The van der Waals surface area contributed by atoms with E-state index in [1.165, 1.54) is 12.1 Å². The van der Waals surface area contributed by atoms with E-state index in [0.29, 0.717) is 10.7 Å². The van der Waals surface area contributed by atoms with Crippen LogP contribution >= 0.6 is 34.2 Å². The van der Waals surface area contributed by atoms with E-state index >= 15 is 0 Å². The van der Waals surface area contributed by atoms with Gasteiger partial charge in [0, 0.05) is 10.1 Å². The smallest absolute Gasteiger partial charge is 0.380 e. The lowest BCUT2D eigenvalue weighted by molar-refractivity contribution is -0.138. The molecule has 0 radical (unpaired) electrons. The lowest BCUT2D eigenvalue weighted by Gasteiger charge is -2.14. The van der Waals surface area contributed by atoms with Gasteiger partial charge >= 0.3 is 6.18 Å². The molecule has 0 amide bonds. The van der Waals surface area contributed by atoms with Crippen LogP contribution in [0.1, 0.15) is 11.1 Å². The van der Waals surface area contributed by atoms with Crippen molar-refractivity contribution < 1.29 is 13.2 Å². The average Bonchev–Trinajstić information content (AvgIpc) is 2.37. The molecule has 0 aromatic heterocycles. The second-order valence-corrected chi connectivity index (χ2v) is 5.79. The monoisotopic (exact) mass is 411 g/mol. The summed E-state index contributed by atoms with van der Waals surface area (Å²) < 4.78 is 39.5. The summed E-state index contributed by atoms with van der Waals surface area (Å²) in [6.45, 7) is 0.0655. The lowest BCUT2D eigenvalue weighted by Crippen LogP contribution is -2.11. The molecule has 6 heteroatoms. The van der Waals surface area contributed by atoms with Crippen LogP contribution in [0.25, 0.3) is 0 Å². The van der Waals surface area contributed by atoms with E-state index in [1.54, 1.807) is 18.2 Å². The number of benzene rings is 2. The molecule has 0 aliphatic rings. The third kappa shape index (κ3) is 3.79. The highest BCUT2D eigenvalue weighted by atomic mass is 127. The van der Waals surface area contributed by atoms with E-state index in [-0.39, 0.29) is 12.1 Å². The maximum absolute atomic E-state index is 12.9. The van der Waals surface area contributed by atoms with E-state index in [2.05, 4.69) is 27.9 Å². The van der Waals surface area contributed by atoms with Gasteiger partial charge in [-0.2, -0.15) is 13.2 Å². The molecule has 0 aliphatic carbocycles. The summed E-state index contributed by atoms with van der Waals surface area (Å²) in [5.74, 6) is 0. The van der Waals surface area contributed by atoms with Gasteiger partial charge in [-0.25, -0.2) is 0 Å². The summed E-state index contributed by atoms with van der Waals surface area (Å²) >= 11 is 8.15. The van der Waals surface area contributed by atoms with Crippen LogP contribution in [0.3, 0.4) is 0 Å². The molecule has 1 nitrogen and oxygen atoms in total. The van der Waals surface area contributed by atoms with Crippen LogP contribution in [-0.2, 0) is 12.7 Å². The van der Waals surface area contributed by atoms with Gasteiger partial charge in [-0.05, 0) is 52.4 Å². The highest BCUT2D eigenvalue weighted by Gasteiger charge is 2.32. The van der Waals surface area contributed by atoms with E-state index in [9.17, 15) is 13.2 Å². The molecule has 0 bridgehead atoms. The first-order valence-corrected chi connectivity index (χ1v) is 7.17. The second kappa shape index (κ2) is 6.22. The van der Waals surface area contributed by atoms with Crippen molar-refractivity contribution >= 4 is 39.9 Å². The van der Waals surface area contributed by atoms with Crippen molar-refractivity contribution in [1.82, 2.24) is 0 Å². The Balaban J connectivity index is 2.19. The van der Waals surface area contributed by atoms with Crippen LogP contribution in [0, 0.1) is 3.57 Å². The molecule has 1 N–H and O–H groups in total. The standard InChI is InChI=1S/C14H10ClF3IN/c15-12-7-10(19)5-6-13(12)20-8-9-3-1-2-4-11(9)14(16,17)18/h1-7,20H,8H2. The topological polar surface area (TPSA) is 12.0 Å². The maximum Gasteiger partial charge on any atom is 0.416 e. The normalized spacial score (nSPS) is 11.4. The van der Waals surface area contributed by atoms with E-state index in [0.717, 1.165) is 9.64 Å². The fourth-order valence-electron chi connectivity index (χ4n) is 1.77. The van der Waals surface area contributed by atoms with Gasteiger partial charge in [0.1, 0.15) is 0 Å². The van der Waals surface area contributed by atoms with Crippen molar-refractivity contribution in [3.05, 3.63) is 62.2 Å². The summed E-state index contributed by atoms with van der Waals surface area (Å²) in [6.07, 6.45) is -4.35. The van der Waals surface area contributed by atoms with Crippen LogP contribution < -0.4 is 5.32 Å². The molecule has 0 atom stereocenters. The van der Waals surface area contributed by atoms with Crippen LogP contribution in [0.2, 0.25) is 5.02 Å². The fourth-order valence-corrected chi connectivity index (χ4v) is 2.70. The highest BCUT2D eigenvalue weighted by molar-refractivity contribution is 14.1. The Morgan fingerprint density at radius 2 is 1.80 bits per heavy atom. The van der Waals surface area contributed by atoms with Crippen LogP contribution in [0.4, 0.5) is 18.9 Å². The zero-order chi connectivity index (χ0) is 14.8. The van der Waals surface area contributed by atoms with Gasteiger partial charge in [-0.1, -0.05) is 29.8 Å². The predicted octanol–water partition coefficient (Wildman–Crippen LogP) is 5.58. The Bertz CT molecular complexity index is 614. The average molecular weight is 412 g/mol. The molecule has 0 heterocycles. The Morgan fingerprint density at radius 3 is 2.45 bits per heavy atom. The minimum atomic E-state index is -4.35.